The smallest absolute Gasteiger partial charge is 0.274 e. The van der Waals surface area contributed by atoms with Gasteiger partial charge in [-0.15, -0.1) is 0 Å². The SMILES string of the molecule is [B]C1([B])OC([B])([B])C([B])([B])N(C(=O)c2cc(-c3cc(Cl)c4c(c3)CN([C@@H](C)C3CC3)C4=O)on2)C1([B])[B]. The van der Waals surface area contributed by atoms with E-state index < -0.39 is 27.4 Å². The highest BCUT2D eigenvalue weighted by Gasteiger charge is 2.58. The van der Waals surface area contributed by atoms with E-state index in [-0.39, 0.29) is 28.4 Å². The monoisotopic (exact) mass is 495 g/mol. The first-order chi connectivity index (χ1) is 17.0. The Labute approximate surface area is 230 Å². The summed E-state index contributed by atoms with van der Waals surface area (Å²) >= 11 is 6.49. The number of aromatic nitrogens is 1. The predicted octanol–water partition coefficient (Wildman–Crippen LogP) is -0.815. The lowest BCUT2D eigenvalue weighted by atomic mass is 9.30. The van der Waals surface area contributed by atoms with Crippen LogP contribution in [0.5, 0.6) is 0 Å². The lowest BCUT2D eigenvalue weighted by Crippen LogP contribution is -2.86. The maximum Gasteiger partial charge on any atom is 0.274 e. The highest BCUT2D eigenvalue weighted by molar-refractivity contribution is 6.60. The van der Waals surface area contributed by atoms with Crippen LogP contribution in [0.4, 0.5) is 0 Å². The summed E-state index contributed by atoms with van der Waals surface area (Å²) in [6.45, 7) is 2.44. The van der Waals surface area contributed by atoms with E-state index in [2.05, 4.69) is 5.16 Å². The topological polar surface area (TPSA) is 75.9 Å². The molecule has 37 heavy (non-hydrogen) atoms. The fourth-order valence-corrected chi connectivity index (χ4v) is 5.11. The van der Waals surface area contributed by atoms with Crippen LogP contribution in [0.1, 0.15) is 46.2 Å². The molecule has 0 N–H and O–H groups in total. The van der Waals surface area contributed by atoms with Gasteiger partial charge in [0.15, 0.2) is 11.5 Å². The minimum absolute atomic E-state index is 0.109. The van der Waals surface area contributed by atoms with Crippen LogP contribution in [-0.4, -0.2) is 117 Å². The average molecular weight is 494 g/mol. The second-order valence-corrected chi connectivity index (χ2v) is 10.5. The van der Waals surface area contributed by atoms with Crippen LogP contribution in [0.3, 0.4) is 0 Å². The van der Waals surface area contributed by atoms with Gasteiger partial charge in [-0.25, -0.2) is 0 Å². The van der Waals surface area contributed by atoms with Gasteiger partial charge in [0, 0.05) is 24.2 Å². The number of nitrogens with zero attached hydrogens (tertiary/aromatic N) is 3. The first-order valence-electron chi connectivity index (χ1n) is 11.5. The molecular formula is C21H14B8ClN3O4. The Morgan fingerprint density at radius 2 is 1.65 bits per heavy atom. The van der Waals surface area contributed by atoms with E-state index in [1.54, 1.807) is 12.1 Å². The molecule has 7 nitrogen and oxygen atoms in total. The molecule has 0 unspecified atom stereocenters. The molecule has 3 aliphatic rings. The van der Waals surface area contributed by atoms with Crippen molar-refractivity contribution in [2.75, 3.05) is 0 Å². The molecule has 2 aromatic rings. The van der Waals surface area contributed by atoms with Gasteiger partial charge in [0.05, 0.1) is 42.0 Å². The van der Waals surface area contributed by atoms with E-state index in [1.807, 2.05) is 11.8 Å². The van der Waals surface area contributed by atoms with Crippen molar-refractivity contribution in [3.8, 4) is 11.3 Å². The zero-order chi connectivity index (χ0) is 27.3. The third kappa shape index (κ3) is 3.98. The van der Waals surface area contributed by atoms with Crippen molar-refractivity contribution in [2.24, 2.45) is 5.92 Å². The van der Waals surface area contributed by atoms with Gasteiger partial charge in [0.2, 0.25) is 0 Å². The van der Waals surface area contributed by atoms with E-state index in [0.29, 0.717) is 28.5 Å². The molecule has 0 bridgehead atoms. The van der Waals surface area contributed by atoms with Crippen LogP contribution in [0.2, 0.25) is 5.02 Å². The van der Waals surface area contributed by atoms with Crippen molar-refractivity contribution in [1.29, 1.82) is 0 Å². The summed E-state index contributed by atoms with van der Waals surface area (Å²) in [5.41, 5.74) is 1.33. The first kappa shape index (κ1) is 26.7. The number of hydrogen-bond donors (Lipinski definition) is 0. The third-order valence-electron chi connectivity index (χ3n) is 7.33. The molecule has 0 spiro atoms. The first-order valence-corrected chi connectivity index (χ1v) is 11.8. The summed E-state index contributed by atoms with van der Waals surface area (Å²) in [6.07, 6.45) is 2.20. The van der Waals surface area contributed by atoms with Gasteiger partial charge >= 0.3 is 0 Å². The molecule has 2 fully saturated rings. The molecule has 2 amide bonds. The molecular weight excluding hydrogens is 480 g/mol. The maximum absolute atomic E-state index is 13.5. The zero-order valence-corrected chi connectivity index (χ0v) is 20.7. The number of morpholine rings is 1. The number of rotatable bonds is 4. The number of amides is 2. The summed E-state index contributed by atoms with van der Waals surface area (Å²) in [4.78, 5) is 28.8. The Balaban J connectivity index is 1.47. The van der Waals surface area contributed by atoms with Gasteiger partial charge in [-0.3, -0.25) is 9.59 Å². The van der Waals surface area contributed by atoms with E-state index in [0.717, 1.165) is 18.4 Å². The highest BCUT2D eigenvalue weighted by atomic mass is 35.5. The van der Waals surface area contributed by atoms with Gasteiger partial charge in [-0.2, -0.15) is 0 Å². The normalized spacial score (nSPS) is 24.0. The van der Waals surface area contributed by atoms with Gasteiger partial charge in [-0.1, -0.05) is 16.8 Å². The second-order valence-electron chi connectivity index (χ2n) is 10.1. The van der Waals surface area contributed by atoms with Gasteiger partial charge in [-0.05, 0) is 64.9 Å². The number of benzene rings is 1. The van der Waals surface area contributed by atoms with Crippen LogP contribution in [0.25, 0.3) is 11.3 Å². The van der Waals surface area contributed by atoms with E-state index in [4.69, 9.17) is 83.6 Å². The minimum Gasteiger partial charge on any atom is -0.405 e. The van der Waals surface area contributed by atoms with Crippen LogP contribution in [0, 0.1) is 5.92 Å². The summed E-state index contributed by atoms with van der Waals surface area (Å²) in [5.74, 6) is -0.508. The predicted molar refractivity (Wildman–Crippen MR) is 143 cm³/mol. The van der Waals surface area contributed by atoms with Crippen LogP contribution >= 0.6 is 11.6 Å². The van der Waals surface area contributed by atoms with Gasteiger partial charge in [0.1, 0.15) is 31.4 Å². The van der Waals surface area contributed by atoms with Crippen molar-refractivity contribution in [3.63, 3.8) is 0 Å². The number of halogens is 1. The van der Waals surface area contributed by atoms with Crippen LogP contribution < -0.4 is 0 Å². The number of hydrogen-bond acceptors (Lipinski definition) is 5. The molecule has 16 radical (unpaired) electrons. The van der Waals surface area contributed by atoms with Crippen molar-refractivity contribution < 1.29 is 18.8 Å². The van der Waals surface area contributed by atoms with Crippen molar-refractivity contribution in [3.05, 3.63) is 40.0 Å². The Morgan fingerprint density at radius 1 is 1.05 bits per heavy atom. The van der Waals surface area contributed by atoms with E-state index >= 15 is 0 Å². The number of carbonyl (C=O) groups is 2. The zero-order valence-electron chi connectivity index (χ0n) is 20.0. The largest absolute Gasteiger partial charge is 0.405 e. The lowest BCUT2D eigenvalue weighted by molar-refractivity contribution is -0.0967. The molecule has 1 aromatic heterocycles. The summed E-state index contributed by atoms with van der Waals surface area (Å²) in [6, 6.07) is 4.70. The summed E-state index contributed by atoms with van der Waals surface area (Å²) < 4.78 is 10.5. The molecule has 1 saturated carbocycles. The Morgan fingerprint density at radius 3 is 2.22 bits per heavy atom. The summed E-state index contributed by atoms with van der Waals surface area (Å²) in [5, 5.41) is -5.82. The standard InChI is InChI=1S/C21H14B8ClN3O4/c1-8(9-2-3-9)32-7-11-4-10(5-12(30)15(11)17(32)35)14-6-13(31-36-14)16(34)33-18(22,23)20(26,27)37-21(28,29)19(33,24)25/h4-6,8-9H,2-3,7H2,1H3/t8-/m0/s1. The number of carbonyl (C=O) groups excluding carboxylic acids is 2. The molecule has 2 aliphatic heterocycles. The van der Waals surface area contributed by atoms with Crippen molar-refractivity contribution in [1.82, 2.24) is 15.0 Å². The fraction of sp³-hybridized carbons (Fsp3) is 0.476. The van der Waals surface area contributed by atoms with Crippen molar-refractivity contribution >= 4 is 86.2 Å². The van der Waals surface area contributed by atoms with E-state index in [9.17, 15) is 9.59 Å². The molecule has 1 saturated heterocycles. The maximum atomic E-state index is 13.5. The van der Waals surface area contributed by atoms with Crippen LogP contribution in [0.15, 0.2) is 22.7 Å². The molecule has 1 aliphatic carbocycles. The minimum atomic E-state index is -2.48. The molecule has 1 atom stereocenters. The van der Waals surface area contributed by atoms with Crippen LogP contribution in [-0.2, 0) is 11.3 Å². The lowest BCUT2D eigenvalue weighted by Gasteiger charge is -2.69. The molecule has 168 valence electrons. The Bertz CT molecular complexity index is 1290. The Hall–Kier alpha value is -1.86. The third-order valence-corrected chi connectivity index (χ3v) is 7.63. The molecule has 5 rings (SSSR count). The average Bonchev–Trinajstić information content (AvgIpc) is 3.39. The molecule has 1 aromatic carbocycles. The second kappa shape index (κ2) is 8.32. The molecule has 3 heterocycles. The van der Waals surface area contributed by atoms with Gasteiger partial charge in [0.25, 0.3) is 11.8 Å². The Kier molecular flexibility index (Phi) is 6.01. The summed E-state index contributed by atoms with van der Waals surface area (Å²) in [7, 11) is 47.5. The number of fused-ring (bicyclic) bond motifs is 1. The highest BCUT2D eigenvalue weighted by Crippen LogP contribution is 2.42. The van der Waals surface area contributed by atoms with Crippen molar-refractivity contribution in [2.45, 2.75) is 53.8 Å². The van der Waals surface area contributed by atoms with E-state index in [1.165, 1.54) is 6.07 Å². The van der Waals surface area contributed by atoms with Gasteiger partial charge < -0.3 is 19.1 Å². The number of ether oxygens (including phenoxy) is 1. The quantitative estimate of drug-likeness (QED) is 0.520. The molecule has 16 heteroatoms. The fourth-order valence-electron chi connectivity index (χ4n) is 4.79.